The molecule has 6 nitrogen and oxygen atoms in total. The number of hydrogen-bond donors (Lipinski definition) is 3. The molecule has 0 spiro atoms. The average Bonchev–Trinajstić information content (AvgIpc) is 3.40. The second-order valence-electron chi connectivity index (χ2n) is 11.2. The molecule has 0 amide bonds. The molecule has 0 bridgehead atoms. The van der Waals surface area contributed by atoms with Gasteiger partial charge in [-0.05, 0) is 97.1 Å². The van der Waals surface area contributed by atoms with E-state index in [9.17, 15) is 0 Å². The van der Waals surface area contributed by atoms with E-state index in [-0.39, 0.29) is 0 Å². The first kappa shape index (κ1) is 30.8. The van der Waals surface area contributed by atoms with Gasteiger partial charge in [-0.2, -0.15) is 0 Å². The SMILES string of the molecule is CCCN(CCCCNCCN(CC)C1C(C)N1CCC)CCCCNNC(C)C(C)(C)C. The van der Waals surface area contributed by atoms with Crippen molar-refractivity contribution in [2.75, 3.05) is 58.9 Å². The van der Waals surface area contributed by atoms with Crippen LogP contribution in [-0.2, 0) is 0 Å². The zero-order chi connectivity index (χ0) is 24.7. The molecule has 0 radical (unpaired) electrons. The number of hydrogen-bond acceptors (Lipinski definition) is 6. The van der Waals surface area contributed by atoms with Gasteiger partial charge in [0.2, 0.25) is 0 Å². The number of nitrogens with one attached hydrogen (secondary N) is 3. The predicted octanol–water partition coefficient (Wildman–Crippen LogP) is 4.14. The summed E-state index contributed by atoms with van der Waals surface area (Å²) in [6.45, 7) is 28.9. The fourth-order valence-electron chi connectivity index (χ4n) is 4.55. The third-order valence-corrected chi connectivity index (χ3v) is 7.30. The van der Waals surface area contributed by atoms with Crippen LogP contribution in [0.1, 0.15) is 93.9 Å². The summed E-state index contributed by atoms with van der Waals surface area (Å²) in [7, 11) is 0. The van der Waals surface area contributed by atoms with Crippen molar-refractivity contribution in [1.82, 2.24) is 30.9 Å². The van der Waals surface area contributed by atoms with E-state index in [4.69, 9.17) is 0 Å². The van der Waals surface area contributed by atoms with Gasteiger partial charge in [0.15, 0.2) is 0 Å². The quantitative estimate of drug-likeness (QED) is 0.134. The minimum Gasteiger partial charge on any atom is -0.315 e. The largest absolute Gasteiger partial charge is 0.315 e. The van der Waals surface area contributed by atoms with E-state index < -0.39 is 0 Å². The molecule has 3 N–H and O–H groups in total. The summed E-state index contributed by atoms with van der Waals surface area (Å²) in [5, 5.41) is 3.69. The summed E-state index contributed by atoms with van der Waals surface area (Å²) in [5.74, 6) is 0. The number of unbranched alkanes of at least 4 members (excludes halogenated alkanes) is 2. The first-order chi connectivity index (χ1) is 15.8. The summed E-state index contributed by atoms with van der Waals surface area (Å²) >= 11 is 0. The maximum absolute atomic E-state index is 3.69. The van der Waals surface area contributed by atoms with Crippen molar-refractivity contribution >= 4 is 0 Å². The molecule has 1 fully saturated rings. The van der Waals surface area contributed by atoms with Crippen LogP contribution in [0, 0.1) is 5.41 Å². The van der Waals surface area contributed by atoms with Crippen molar-refractivity contribution in [3.05, 3.63) is 0 Å². The molecular formula is C27H60N6. The van der Waals surface area contributed by atoms with Gasteiger partial charge in [-0.1, -0.05) is 41.5 Å². The maximum Gasteiger partial charge on any atom is 0.0784 e. The van der Waals surface area contributed by atoms with Crippen molar-refractivity contribution in [2.45, 2.75) is 112 Å². The van der Waals surface area contributed by atoms with E-state index in [0.717, 1.165) is 32.2 Å². The Kier molecular flexibility index (Phi) is 16.1. The standard InChI is InChI=1S/C27H60N6/c1-9-19-31(22-15-13-17-29-30-25(5)27(6,7)8)21-14-12-16-28-18-23-32(11-3)26-24(4)33(26)20-10-2/h24-26,28-30H,9-23H2,1-8H3. The lowest BCUT2D eigenvalue weighted by atomic mass is 9.89. The van der Waals surface area contributed by atoms with E-state index >= 15 is 0 Å². The number of likely N-dealkylation sites (N-methyl/N-ethyl adjacent to an activating group) is 1. The number of nitrogens with zero attached hydrogens (tertiary/aromatic N) is 3. The predicted molar refractivity (Wildman–Crippen MR) is 146 cm³/mol. The van der Waals surface area contributed by atoms with Gasteiger partial charge < -0.3 is 10.2 Å². The third kappa shape index (κ3) is 12.9. The topological polar surface area (TPSA) is 45.6 Å². The van der Waals surface area contributed by atoms with Crippen LogP contribution in [0.3, 0.4) is 0 Å². The summed E-state index contributed by atoms with van der Waals surface area (Å²) in [6, 6.07) is 1.22. The van der Waals surface area contributed by atoms with E-state index in [2.05, 4.69) is 86.3 Å². The van der Waals surface area contributed by atoms with Crippen LogP contribution in [0.2, 0.25) is 0 Å². The summed E-state index contributed by atoms with van der Waals surface area (Å²) in [6.07, 6.45) is 8.29. The normalized spacial score (nSPS) is 21.8. The molecule has 0 aromatic carbocycles. The molecule has 4 unspecified atom stereocenters. The highest BCUT2D eigenvalue weighted by Crippen LogP contribution is 2.30. The lowest BCUT2D eigenvalue weighted by Gasteiger charge is -2.28. The van der Waals surface area contributed by atoms with Gasteiger partial charge >= 0.3 is 0 Å². The fourth-order valence-corrected chi connectivity index (χ4v) is 4.55. The molecule has 1 rings (SSSR count). The Morgan fingerprint density at radius 2 is 1.52 bits per heavy atom. The van der Waals surface area contributed by atoms with Crippen molar-refractivity contribution in [3.8, 4) is 0 Å². The van der Waals surface area contributed by atoms with Crippen molar-refractivity contribution in [2.24, 2.45) is 5.41 Å². The van der Waals surface area contributed by atoms with E-state index in [1.807, 2.05) is 0 Å². The van der Waals surface area contributed by atoms with Crippen LogP contribution in [0.25, 0.3) is 0 Å². The molecule has 1 aliphatic heterocycles. The Bertz CT molecular complexity index is 466. The van der Waals surface area contributed by atoms with Crippen LogP contribution in [0.15, 0.2) is 0 Å². The fraction of sp³-hybridized carbons (Fsp3) is 1.00. The summed E-state index contributed by atoms with van der Waals surface area (Å²) < 4.78 is 0. The van der Waals surface area contributed by atoms with Crippen LogP contribution in [0.5, 0.6) is 0 Å². The smallest absolute Gasteiger partial charge is 0.0784 e. The molecular weight excluding hydrogens is 408 g/mol. The number of hydrazine groups is 1. The molecule has 0 aliphatic carbocycles. The first-order valence-electron chi connectivity index (χ1n) is 14.2. The first-order valence-corrected chi connectivity index (χ1v) is 14.2. The second-order valence-corrected chi connectivity index (χ2v) is 11.2. The summed E-state index contributed by atoms with van der Waals surface area (Å²) in [5.41, 5.74) is 7.16. The van der Waals surface area contributed by atoms with E-state index in [1.165, 1.54) is 71.2 Å². The lowest BCUT2D eigenvalue weighted by molar-refractivity contribution is 0.227. The highest BCUT2D eigenvalue weighted by atomic mass is 15.5. The van der Waals surface area contributed by atoms with Gasteiger partial charge in [0.25, 0.3) is 0 Å². The molecule has 1 aliphatic rings. The molecule has 4 atom stereocenters. The second kappa shape index (κ2) is 17.2. The molecule has 1 saturated heterocycles. The Hall–Kier alpha value is -0.240. The Morgan fingerprint density at radius 1 is 0.848 bits per heavy atom. The molecule has 198 valence electrons. The van der Waals surface area contributed by atoms with Gasteiger partial charge in [0.1, 0.15) is 0 Å². The Morgan fingerprint density at radius 3 is 2.09 bits per heavy atom. The third-order valence-electron chi connectivity index (χ3n) is 7.30. The Balaban J connectivity index is 2.05. The van der Waals surface area contributed by atoms with Crippen molar-refractivity contribution < 1.29 is 0 Å². The Labute approximate surface area is 207 Å². The van der Waals surface area contributed by atoms with Gasteiger partial charge in [-0.3, -0.25) is 20.7 Å². The van der Waals surface area contributed by atoms with Crippen LogP contribution in [-0.4, -0.2) is 91.9 Å². The number of rotatable bonds is 21. The monoisotopic (exact) mass is 468 g/mol. The minimum atomic E-state index is 0.292. The molecule has 0 aromatic rings. The molecule has 0 aromatic heterocycles. The van der Waals surface area contributed by atoms with Crippen molar-refractivity contribution in [3.63, 3.8) is 0 Å². The highest BCUT2D eigenvalue weighted by Gasteiger charge is 2.46. The molecule has 33 heavy (non-hydrogen) atoms. The molecule has 0 saturated carbocycles. The van der Waals surface area contributed by atoms with Gasteiger partial charge in [0.05, 0.1) is 6.17 Å². The maximum atomic E-state index is 3.69. The zero-order valence-electron chi connectivity index (χ0n) is 23.7. The van der Waals surface area contributed by atoms with E-state index in [0.29, 0.717) is 17.6 Å². The summed E-state index contributed by atoms with van der Waals surface area (Å²) in [4.78, 5) is 7.94. The van der Waals surface area contributed by atoms with Gasteiger partial charge in [0, 0.05) is 31.7 Å². The molecule has 1 heterocycles. The average molecular weight is 469 g/mol. The van der Waals surface area contributed by atoms with Crippen molar-refractivity contribution in [1.29, 1.82) is 0 Å². The zero-order valence-corrected chi connectivity index (χ0v) is 23.7. The minimum absolute atomic E-state index is 0.292. The van der Waals surface area contributed by atoms with E-state index in [1.54, 1.807) is 0 Å². The van der Waals surface area contributed by atoms with Crippen LogP contribution < -0.4 is 16.2 Å². The van der Waals surface area contributed by atoms with Gasteiger partial charge in [-0.15, -0.1) is 0 Å². The molecule has 6 heteroatoms. The van der Waals surface area contributed by atoms with Gasteiger partial charge in [-0.25, -0.2) is 0 Å². The van der Waals surface area contributed by atoms with Crippen LogP contribution in [0.4, 0.5) is 0 Å². The van der Waals surface area contributed by atoms with Crippen LogP contribution >= 0.6 is 0 Å². The lowest BCUT2D eigenvalue weighted by Crippen LogP contribution is -2.46. The highest BCUT2D eigenvalue weighted by molar-refractivity contribution is 4.98.